The lowest BCUT2D eigenvalue weighted by atomic mass is 9.97. The predicted octanol–water partition coefficient (Wildman–Crippen LogP) is 4.57. The van der Waals surface area contributed by atoms with Gasteiger partial charge in [0.15, 0.2) is 0 Å². The number of hydrogen-bond donors (Lipinski definition) is 2. The van der Waals surface area contributed by atoms with Crippen LogP contribution in [-0.2, 0) is 0 Å². The largest absolute Gasteiger partial charge is 0.507 e. The number of piperidine rings is 1. The van der Waals surface area contributed by atoms with Gasteiger partial charge in [-0.25, -0.2) is 4.79 Å². The molecule has 34 heavy (non-hydrogen) atoms. The summed E-state index contributed by atoms with van der Waals surface area (Å²) in [6.07, 6.45) is 5.70. The second-order valence-electron chi connectivity index (χ2n) is 9.00. The fraction of sp³-hybridized carbons (Fsp3) is 0.308. The first-order valence-electron chi connectivity index (χ1n) is 11.5. The van der Waals surface area contributed by atoms with Crippen LogP contribution in [0.2, 0.25) is 5.02 Å². The summed E-state index contributed by atoms with van der Waals surface area (Å²) >= 11 is 6.58. The van der Waals surface area contributed by atoms with Crippen LogP contribution < -0.4 is 15.5 Å². The number of hydrogen-bond acceptors (Lipinski definition) is 5. The van der Waals surface area contributed by atoms with E-state index >= 15 is 0 Å². The topological polar surface area (TPSA) is 85.9 Å². The molecule has 1 unspecified atom stereocenters. The van der Waals surface area contributed by atoms with E-state index in [-0.39, 0.29) is 17.8 Å². The summed E-state index contributed by atoms with van der Waals surface area (Å²) in [5, 5.41) is 11.7. The van der Waals surface area contributed by atoms with Crippen LogP contribution in [0.15, 0.2) is 54.9 Å². The summed E-state index contributed by atoms with van der Waals surface area (Å²) in [5.74, 6) is 0.164. The van der Waals surface area contributed by atoms with Crippen LogP contribution in [0.5, 0.6) is 5.75 Å². The van der Waals surface area contributed by atoms with E-state index in [1.165, 1.54) is 0 Å². The van der Waals surface area contributed by atoms with E-state index in [1.54, 1.807) is 29.1 Å². The molecule has 3 N–H and O–H groups in total. The lowest BCUT2D eigenvalue weighted by Crippen LogP contribution is -2.42. The van der Waals surface area contributed by atoms with E-state index in [9.17, 15) is 9.90 Å². The van der Waals surface area contributed by atoms with E-state index in [1.807, 2.05) is 36.5 Å². The van der Waals surface area contributed by atoms with E-state index < -0.39 is 0 Å². The normalized spacial score (nSPS) is 18.6. The third kappa shape index (κ3) is 4.17. The fourth-order valence-corrected chi connectivity index (χ4v) is 5.05. The van der Waals surface area contributed by atoms with Crippen LogP contribution >= 0.6 is 11.6 Å². The van der Waals surface area contributed by atoms with Gasteiger partial charge in [-0.2, -0.15) is 0 Å². The van der Waals surface area contributed by atoms with Gasteiger partial charge < -0.3 is 20.6 Å². The second kappa shape index (κ2) is 9.16. The van der Waals surface area contributed by atoms with Gasteiger partial charge in [0.2, 0.25) is 0 Å². The van der Waals surface area contributed by atoms with Crippen molar-refractivity contribution in [2.75, 3.05) is 43.0 Å². The Morgan fingerprint density at radius 1 is 1.06 bits per heavy atom. The van der Waals surface area contributed by atoms with Gasteiger partial charge in [-0.15, -0.1) is 0 Å². The van der Waals surface area contributed by atoms with Gasteiger partial charge in [0.25, 0.3) is 0 Å². The number of anilines is 2. The highest BCUT2D eigenvalue weighted by Crippen LogP contribution is 2.41. The number of aromatic hydroxyl groups is 1. The number of phenolic OH excluding ortho intramolecular Hbond substituents is 1. The number of benzene rings is 2. The first-order valence-corrected chi connectivity index (χ1v) is 11.9. The van der Waals surface area contributed by atoms with Gasteiger partial charge >= 0.3 is 6.03 Å². The molecule has 0 spiro atoms. The van der Waals surface area contributed by atoms with Gasteiger partial charge in [-0.3, -0.25) is 9.88 Å². The molecule has 1 atom stereocenters. The molecule has 1 aromatic heterocycles. The molecule has 2 aliphatic rings. The van der Waals surface area contributed by atoms with Crippen molar-refractivity contribution in [1.29, 1.82) is 0 Å². The monoisotopic (exact) mass is 477 g/mol. The number of phenols is 1. The number of nitrogens with zero attached hydrogens (tertiary/aromatic N) is 4. The van der Waals surface area contributed by atoms with Gasteiger partial charge in [-0.05, 0) is 36.6 Å². The highest BCUT2D eigenvalue weighted by molar-refractivity contribution is 6.34. The van der Waals surface area contributed by atoms with Gasteiger partial charge in [-0.1, -0.05) is 35.9 Å². The molecule has 0 radical (unpaired) electrons. The maximum Gasteiger partial charge on any atom is 0.324 e. The number of nitrogens with two attached hydrogens (primary N) is 1. The zero-order valence-corrected chi connectivity index (χ0v) is 19.9. The number of aromatic nitrogens is 1. The summed E-state index contributed by atoms with van der Waals surface area (Å²) in [6.45, 7) is 3.01. The summed E-state index contributed by atoms with van der Waals surface area (Å²) in [6, 6.07) is 13.3. The fourth-order valence-electron chi connectivity index (χ4n) is 4.77. The Labute approximate surface area is 204 Å². The molecule has 3 heterocycles. The molecule has 176 valence electrons. The number of para-hydroxylation sites is 1. The molecule has 2 saturated heterocycles. The summed E-state index contributed by atoms with van der Waals surface area (Å²) < 4.78 is 0. The third-order valence-electron chi connectivity index (χ3n) is 6.66. The molecule has 2 aliphatic heterocycles. The minimum absolute atomic E-state index is 0.0680. The van der Waals surface area contributed by atoms with Gasteiger partial charge in [0, 0.05) is 62.2 Å². The van der Waals surface area contributed by atoms with Gasteiger partial charge in [0.05, 0.1) is 22.6 Å². The molecule has 5 rings (SSSR count). The lowest BCUT2D eigenvalue weighted by molar-refractivity contribution is 0.229. The average Bonchev–Trinajstić information content (AvgIpc) is 3.17. The minimum atomic E-state index is -0.0680. The SMILES string of the molecule is CN1CCN(c2ccc(-c3cccc(-c4cncc(N5CCCC(N)C5)c4)c3O)cc2Cl)C1=O. The van der Waals surface area contributed by atoms with E-state index in [0.29, 0.717) is 34.9 Å². The van der Waals surface area contributed by atoms with E-state index in [4.69, 9.17) is 17.3 Å². The van der Waals surface area contributed by atoms with Crippen molar-refractivity contribution < 1.29 is 9.90 Å². The van der Waals surface area contributed by atoms with Gasteiger partial charge in [0.1, 0.15) is 5.75 Å². The highest BCUT2D eigenvalue weighted by Gasteiger charge is 2.28. The maximum atomic E-state index is 12.4. The standard InChI is InChI=1S/C26H28ClN5O2/c1-30-10-11-32(26(30)34)24-8-7-17(13-23(24)27)21-5-2-6-22(25(21)33)18-12-20(15-29-14-18)31-9-3-4-19(28)16-31/h2,5-8,12-15,19,33H,3-4,9-11,16,28H2,1H3. The molecule has 3 aromatic rings. The number of amides is 2. The Balaban J connectivity index is 1.46. The van der Waals surface area contributed by atoms with Crippen molar-refractivity contribution in [3.8, 4) is 28.0 Å². The Kier molecular flexibility index (Phi) is 6.06. The Hall–Kier alpha value is -3.29. The quantitative estimate of drug-likeness (QED) is 0.574. The van der Waals surface area contributed by atoms with Crippen molar-refractivity contribution >= 4 is 29.0 Å². The molecular formula is C26H28ClN5O2. The zero-order chi connectivity index (χ0) is 23.8. The number of rotatable bonds is 4. The molecule has 0 aliphatic carbocycles. The van der Waals surface area contributed by atoms with Crippen molar-refractivity contribution in [2.24, 2.45) is 5.73 Å². The first-order chi connectivity index (χ1) is 16.4. The molecule has 2 fully saturated rings. The number of urea groups is 1. The van der Waals surface area contributed by atoms with E-state index in [0.717, 1.165) is 42.7 Å². The molecule has 0 saturated carbocycles. The zero-order valence-electron chi connectivity index (χ0n) is 19.1. The van der Waals surface area contributed by atoms with E-state index in [2.05, 4.69) is 16.0 Å². The van der Waals surface area contributed by atoms with Crippen LogP contribution in [0.25, 0.3) is 22.3 Å². The number of pyridine rings is 1. The molecule has 2 amide bonds. The highest BCUT2D eigenvalue weighted by atomic mass is 35.5. The Morgan fingerprint density at radius 3 is 2.56 bits per heavy atom. The number of likely N-dealkylation sites (N-methyl/N-ethyl adjacent to an activating group) is 1. The van der Waals surface area contributed by atoms with Crippen LogP contribution in [0.1, 0.15) is 12.8 Å². The smallest absolute Gasteiger partial charge is 0.324 e. The molecular weight excluding hydrogens is 450 g/mol. The Morgan fingerprint density at radius 2 is 1.85 bits per heavy atom. The molecule has 8 heteroatoms. The van der Waals surface area contributed by atoms with Crippen molar-refractivity contribution in [2.45, 2.75) is 18.9 Å². The van der Waals surface area contributed by atoms with Crippen LogP contribution in [-0.4, -0.2) is 60.3 Å². The molecule has 2 aromatic carbocycles. The minimum Gasteiger partial charge on any atom is -0.507 e. The predicted molar refractivity (Wildman–Crippen MR) is 137 cm³/mol. The number of carbonyl (C=O) groups excluding carboxylic acids is 1. The second-order valence-corrected chi connectivity index (χ2v) is 9.41. The average molecular weight is 478 g/mol. The Bertz CT molecular complexity index is 1230. The first kappa shape index (κ1) is 22.5. The van der Waals surface area contributed by atoms with Crippen molar-refractivity contribution in [1.82, 2.24) is 9.88 Å². The third-order valence-corrected chi connectivity index (χ3v) is 6.96. The number of carbonyl (C=O) groups is 1. The van der Waals surface area contributed by atoms with Crippen molar-refractivity contribution in [3.63, 3.8) is 0 Å². The maximum absolute atomic E-state index is 12.4. The van der Waals surface area contributed by atoms with Crippen molar-refractivity contribution in [3.05, 3.63) is 59.9 Å². The van der Waals surface area contributed by atoms with Crippen LogP contribution in [0.3, 0.4) is 0 Å². The lowest BCUT2D eigenvalue weighted by Gasteiger charge is -2.32. The number of halogens is 1. The van der Waals surface area contributed by atoms with Crippen LogP contribution in [0.4, 0.5) is 16.2 Å². The molecule has 7 nitrogen and oxygen atoms in total. The summed E-state index contributed by atoms with van der Waals surface area (Å²) in [7, 11) is 1.78. The molecule has 0 bridgehead atoms. The summed E-state index contributed by atoms with van der Waals surface area (Å²) in [5.41, 5.74) is 10.8. The summed E-state index contributed by atoms with van der Waals surface area (Å²) in [4.78, 5) is 22.4. The van der Waals surface area contributed by atoms with Crippen LogP contribution in [0, 0.1) is 0 Å².